The summed E-state index contributed by atoms with van der Waals surface area (Å²) in [6.45, 7) is 3.50. The van der Waals surface area contributed by atoms with Gasteiger partial charge < -0.3 is 10.4 Å². The fraction of sp³-hybridized carbons (Fsp3) is 0.818. The van der Waals surface area contributed by atoms with Gasteiger partial charge in [-0.1, -0.05) is 13.8 Å². The number of rotatable bonds is 7. The van der Waals surface area contributed by atoms with Crippen molar-refractivity contribution >= 4 is 21.7 Å². The molecule has 1 rings (SSSR count). The van der Waals surface area contributed by atoms with E-state index in [1.807, 2.05) is 0 Å². The van der Waals surface area contributed by atoms with Crippen LogP contribution in [0.1, 0.15) is 26.7 Å². The van der Waals surface area contributed by atoms with Crippen molar-refractivity contribution in [2.75, 3.05) is 12.3 Å². The first-order valence-electron chi connectivity index (χ1n) is 5.95. The predicted molar refractivity (Wildman–Crippen MR) is 65.8 cm³/mol. The van der Waals surface area contributed by atoms with Crippen LogP contribution >= 0.6 is 0 Å². The van der Waals surface area contributed by atoms with Crippen molar-refractivity contribution in [3.63, 3.8) is 0 Å². The molecule has 0 bridgehead atoms. The Labute approximate surface area is 107 Å². The number of carbonyl (C=O) groups excluding carboxylic acids is 1. The maximum Gasteiger partial charge on any atom is 0.322 e. The summed E-state index contributed by atoms with van der Waals surface area (Å²) in [5.41, 5.74) is 0. The van der Waals surface area contributed by atoms with Crippen molar-refractivity contribution < 1.29 is 23.1 Å². The molecule has 1 amide bonds. The van der Waals surface area contributed by atoms with Crippen LogP contribution < -0.4 is 5.32 Å². The maximum atomic E-state index is 11.8. The van der Waals surface area contributed by atoms with E-state index in [0.29, 0.717) is 12.5 Å². The summed E-state index contributed by atoms with van der Waals surface area (Å²) in [4.78, 5) is 22.4. The number of carboxylic acid groups (broad SMARTS) is 1. The van der Waals surface area contributed by atoms with Crippen LogP contribution in [0.15, 0.2) is 0 Å². The molecule has 104 valence electrons. The Kier molecular flexibility index (Phi) is 4.72. The lowest BCUT2D eigenvalue weighted by Crippen LogP contribution is -2.41. The number of hydrogen-bond acceptors (Lipinski definition) is 4. The Morgan fingerprint density at radius 2 is 1.89 bits per heavy atom. The van der Waals surface area contributed by atoms with Crippen LogP contribution in [-0.2, 0) is 19.4 Å². The first-order valence-corrected chi connectivity index (χ1v) is 7.66. The first-order chi connectivity index (χ1) is 8.24. The standard InChI is InChI=1S/C11H19NO5S/c1-7(2)10(11(14)15)18(16,17)6-9(13)12-5-8-3-4-8/h7-8,10H,3-6H2,1-2H3,(H,12,13)(H,14,15). The highest BCUT2D eigenvalue weighted by Crippen LogP contribution is 2.27. The zero-order chi connectivity index (χ0) is 13.9. The number of sulfone groups is 1. The second-order valence-electron chi connectivity index (χ2n) is 5.06. The molecule has 0 heterocycles. The largest absolute Gasteiger partial charge is 0.480 e. The SMILES string of the molecule is CC(C)C(C(=O)O)S(=O)(=O)CC(=O)NCC1CC1. The lowest BCUT2D eigenvalue weighted by molar-refractivity contribution is -0.137. The number of carbonyl (C=O) groups is 2. The van der Waals surface area contributed by atoms with Crippen LogP contribution in [0.25, 0.3) is 0 Å². The topological polar surface area (TPSA) is 101 Å². The quantitative estimate of drug-likeness (QED) is 0.684. The average molecular weight is 277 g/mol. The molecule has 1 saturated carbocycles. The van der Waals surface area contributed by atoms with Crippen molar-refractivity contribution in [3.05, 3.63) is 0 Å². The van der Waals surface area contributed by atoms with Crippen molar-refractivity contribution in [1.82, 2.24) is 5.32 Å². The zero-order valence-corrected chi connectivity index (χ0v) is 11.4. The summed E-state index contributed by atoms with van der Waals surface area (Å²) < 4.78 is 23.7. The smallest absolute Gasteiger partial charge is 0.322 e. The van der Waals surface area contributed by atoms with Crippen LogP contribution in [0, 0.1) is 11.8 Å². The molecule has 1 fully saturated rings. The molecule has 7 heteroatoms. The summed E-state index contributed by atoms with van der Waals surface area (Å²) in [6.07, 6.45) is 2.10. The third-order valence-corrected chi connectivity index (χ3v) is 5.04. The van der Waals surface area contributed by atoms with Gasteiger partial charge in [-0.05, 0) is 24.7 Å². The van der Waals surface area contributed by atoms with E-state index in [1.54, 1.807) is 0 Å². The highest BCUT2D eigenvalue weighted by Gasteiger charge is 2.36. The molecule has 6 nitrogen and oxygen atoms in total. The van der Waals surface area contributed by atoms with Gasteiger partial charge in [0.15, 0.2) is 15.1 Å². The molecular weight excluding hydrogens is 258 g/mol. The minimum absolute atomic E-state index is 0.456. The van der Waals surface area contributed by atoms with Crippen molar-refractivity contribution in [2.45, 2.75) is 31.9 Å². The Bertz CT molecular complexity index is 425. The lowest BCUT2D eigenvalue weighted by Gasteiger charge is -2.16. The van der Waals surface area contributed by atoms with E-state index in [1.165, 1.54) is 13.8 Å². The molecule has 0 aromatic rings. The molecule has 0 aromatic heterocycles. The van der Waals surface area contributed by atoms with Crippen LogP contribution in [0.3, 0.4) is 0 Å². The normalized spacial score (nSPS) is 17.5. The van der Waals surface area contributed by atoms with Gasteiger partial charge in [0.2, 0.25) is 5.91 Å². The average Bonchev–Trinajstić information content (AvgIpc) is 2.94. The third kappa shape index (κ3) is 4.29. The van der Waals surface area contributed by atoms with Gasteiger partial charge in [0.05, 0.1) is 0 Å². The van der Waals surface area contributed by atoms with Crippen molar-refractivity contribution in [1.29, 1.82) is 0 Å². The summed E-state index contributed by atoms with van der Waals surface area (Å²) in [5, 5.41) is 9.91. The minimum atomic E-state index is -3.96. The van der Waals surface area contributed by atoms with E-state index in [0.717, 1.165) is 12.8 Å². The second kappa shape index (κ2) is 5.69. The number of nitrogens with one attached hydrogen (secondary N) is 1. The Morgan fingerprint density at radius 3 is 2.28 bits per heavy atom. The Morgan fingerprint density at radius 1 is 1.33 bits per heavy atom. The van der Waals surface area contributed by atoms with Crippen LogP contribution in [0.5, 0.6) is 0 Å². The molecule has 1 atom stereocenters. The fourth-order valence-corrected chi connectivity index (χ4v) is 3.54. The van der Waals surface area contributed by atoms with Gasteiger partial charge in [-0.25, -0.2) is 8.42 Å². The molecule has 0 aliphatic heterocycles. The summed E-state index contributed by atoms with van der Waals surface area (Å²) in [7, 11) is -3.96. The molecule has 0 radical (unpaired) electrons. The van der Waals surface area contributed by atoms with Crippen LogP contribution in [0.4, 0.5) is 0 Å². The molecule has 1 aliphatic carbocycles. The molecule has 1 unspecified atom stereocenters. The van der Waals surface area contributed by atoms with Gasteiger partial charge in [0.1, 0.15) is 5.75 Å². The summed E-state index contributed by atoms with van der Waals surface area (Å²) in [5.74, 6) is -2.89. The third-order valence-electron chi connectivity index (χ3n) is 2.85. The second-order valence-corrected chi connectivity index (χ2v) is 7.18. The van der Waals surface area contributed by atoms with Gasteiger partial charge >= 0.3 is 5.97 Å². The van der Waals surface area contributed by atoms with Gasteiger partial charge in [-0.15, -0.1) is 0 Å². The number of amides is 1. The number of aliphatic carboxylic acids is 1. The van der Waals surface area contributed by atoms with E-state index in [2.05, 4.69) is 5.32 Å². The van der Waals surface area contributed by atoms with Crippen molar-refractivity contribution in [3.8, 4) is 0 Å². The monoisotopic (exact) mass is 277 g/mol. The van der Waals surface area contributed by atoms with Crippen molar-refractivity contribution in [2.24, 2.45) is 11.8 Å². The molecule has 18 heavy (non-hydrogen) atoms. The van der Waals surface area contributed by atoms with E-state index >= 15 is 0 Å². The molecular formula is C11H19NO5S. The van der Waals surface area contributed by atoms with Gasteiger partial charge in [0, 0.05) is 6.54 Å². The molecule has 1 aliphatic rings. The predicted octanol–water partition coefficient (Wildman–Crippen LogP) is 0.0366. The molecule has 0 spiro atoms. The summed E-state index contributed by atoms with van der Waals surface area (Å²) in [6, 6.07) is 0. The molecule has 0 aromatic carbocycles. The van der Waals surface area contributed by atoms with E-state index in [9.17, 15) is 18.0 Å². The Balaban J connectivity index is 2.60. The summed E-state index contributed by atoms with van der Waals surface area (Å²) >= 11 is 0. The maximum absolute atomic E-state index is 11.8. The van der Waals surface area contributed by atoms with E-state index < -0.39 is 38.6 Å². The van der Waals surface area contributed by atoms with Gasteiger partial charge in [-0.3, -0.25) is 9.59 Å². The van der Waals surface area contributed by atoms with E-state index in [-0.39, 0.29) is 0 Å². The van der Waals surface area contributed by atoms with Crippen LogP contribution in [-0.4, -0.2) is 42.9 Å². The minimum Gasteiger partial charge on any atom is -0.480 e. The number of carboxylic acids is 1. The molecule has 2 N–H and O–H groups in total. The Hall–Kier alpha value is -1.11. The lowest BCUT2D eigenvalue weighted by atomic mass is 10.1. The fourth-order valence-electron chi connectivity index (χ4n) is 1.76. The van der Waals surface area contributed by atoms with E-state index in [4.69, 9.17) is 5.11 Å². The van der Waals surface area contributed by atoms with Gasteiger partial charge in [0.25, 0.3) is 0 Å². The number of hydrogen-bond donors (Lipinski definition) is 2. The van der Waals surface area contributed by atoms with Crippen LogP contribution in [0.2, 0.25) is 0 Å². The highest BCUT2D eigenvalue weighted by atomic mass is 32.2. The zero-order valence-electron chi connectivity index (χ0n) is 10.5. The highest BCUT2D eigenvalue weighted by molar-refractivity contribution is 7.93. The first kappa shape index (κ1) is 14.9. The van der Waals surface area contributed by atoms with Gasteiger partial charge in [-0.2, -0.15) is 0 Å². The molecule has 0 saturated heterocycles.